The lowest BCUT2D eigenvalue weighted by Crippen LogP contribution is -1.91. The van der Waals surface area contributed by atoms with Crippen molar-refractivity contribution in [2.75, 3.05) is 0 Å². The molecule has 144 valence electrons. The molecule has 0 radical (unpaired) electrons. The molecule has 4 aromatic rings. The van der Waals surface area contributed by atoms with Gasteiger partial charge in [-0.3, -0.25) is 0 Å². The lowest BCUT2D eigenvalue weighted by molar-refractivity contribution is 0.482. The average Bonchev–Trinajstić information content (AvgIpc) is 2.74. The molecule has 0 saturated heterocycles. The van der Waals surface area contributed by atoms with E-state index < -0.39 is 0 Å². The van der Waals surface area contributed by atoms with Gasteiger partial charge in [0.1, 0.15) is 11.5 Å². The maximum atomic E-state index is 6.25. The van der Waals surface area contributed by atoms with Crippen LogP contribution >= 0.6 is 23.2 Å². The molecule has 0 aliphatic heterocycles. The second-order valence-corrected chi connectivity index (χ2v) is 7.74. The SMILES string of the molecule is Clc1ccccc1Cc1ccc(Oc2ccc(Cc3ccccc3Cl)cc2)cc1. The molecule has 29 heavy (non-hydrogen) atoms. The van der Waals surface area contributed by atoms with Gasteiger partial charge in [0.15, 0.2) is 0 Å². The average molecular weight is 419 g/mol. The minimum Gasteiger partial charge on any atom is -0.457 e. The molecular weight excluding hydrogens is 399 g/mol. The summed E-state index contributed by atoms with van der Waals surface area (Å²) in [5, 5.41) is 1.59. The summed E-state index contributed by atoms with van der Waals surface area (Å²) in [7, 11) is 0. The van der Waals surface area contributed by atoms with Crippen LogP contribution in [-0.2, 0) is 12.8 Å². The number of hydrogen-bond donors (Lipinski definition) is 0. The van der Waals surface area contributed by atoms with E-state index >= 15 is 0 Å². The van der Waals surface area contributed by atoms with Crippen molar-refractivity contribution >= 4 is 23.2 Å². The lowest BCUT2D eigenvalue weighted by Gasteiger charge is -2.09. The Morgan fingerprint density at radius 1 is 0.483 bits per heavy atom. The first-order valence-electron chi connectivity index (χ1n) is 9.50. The van der Waals surface area contributed by atoms with Gasteiger partial charge in [-0.25, -0.2) is 0 Å². The zero-order valence-electron chi connectivity index (χ0n) is 15.8. The van der Waals surface area contributed by atoms with Crippen LogP contribution in [0.25, 0.3) is 0 Å². The standard InChI is InChI=1S/C26H20Cl2O/c27-25-7-3-1-5-21(25)17-19-9-13-23(14-10-19)29-24-15-11-20(12-16-24)18-22-6-2-4-8-26(22)28/h1-16H,17-18H2. The fourth-order valence-corrected chi connectivity index (χ4v) is 3.62. The molecular formula is C26H20Cl2O. The third kappa shape index (κ3) is 5.20. The van der Waals surface area contributed by atoms with E-state index in [0.29, 0.717) is 0 Å². The minimum atomic E-state index is 0.796. The van der Waals surface area contributed by atoms with Gasteiger partial charge in [-0.1, -0.05) is 83.9 Å². The van der Waals surface area contributed by atoms with Gasteiger partial charge in [0.05, 0.1) is 0 Å². The fourth-order valence-electron chi connectivity index (χ4n) is 3.21. The van der Waals surface area contributed by atoms with Crippen LogP contribution in [0.2, 0.25) is 10.0 Å². The first-order chi connectivity index (χ1) is 14.2. The van der Waals surface area contributed by atoms with Crippen LogP contribution in [0, 0.1) is 0 Å². The Bertz CT molecular complexity index is 997. The van der Waals surface area contributed by atoms with E-state index in [9.17, 15) is 0 Å². The number of hydrogen-bond acceptors (Lipinski definition) is 1. The van der Waals surface area contributed by atoms with Crippen LogP contribution in [0.15, 0.2) is 97.1 Å². The zero-order valence-corrected chi connectivity index (χ0v) is 17.3. The Morgan fingerprint density at radius 3 is 1.24 bits per heavy atom. The van der Waals surface area contributed by atoms with E-state index in [1.807, 2.05) is 60.7 Å². The Hall–Kier alpha value is -2.74. The minimum absolute atomic E-state index is 0.796. The molecule has 0 unspecified atom stereocenters. The smallest absolute Gasteiger partial charge is 0.127 e. The Balaban J connectivity index is 1.39. The predicted octanol–water partition coefficient (Wildman–Crippen LogP) is 7.97. The number of rotatable bonds is 6. The molecule has 0 aromatic heterocycles. The third-order valence-electron chi connectivity index (χ3n) is 4.79. The Morgan fingerprint density at radius 2 is 0.862 bits per heavy atom. The summed E-state index contributed by atoms with van der Waals surface area (Å²) in [5.41, 5.74) is 4.63. The van der Waals surface area contributed by atoms with E-state index in [1.165, 1.54) is 11.1 Å². The number of halogens is 2. The number of benzene rings is 4. The highest BCUT2D eigenvalue weighted by Crippen LogP contribution is 2.25. The first-order valence-corrected chi connectivity index (χ1v) is 10.3. The fraction of sp³-hybridized carbons (Fsp3) is 0.0769. The third-order valence-corrected chi connectivity index (χ3v) is 5.52. The normalized spacial score (nSPS) is 10.7. The monoisotopic (exact) mass is 418 g/mol. The van der Waals surface area contributed by atoms with Crippen LogP contribution in [0.4, 0.5) is 0 Å². The van der Waals surface area contributed by atoms with E-state index in [4.69, 9.17) is 27.9 Å². The van der Waals surface area contributed by atoms with Gasteiger partial charge in [-0.2, -0.15) is 0 Å². The van der Waals surface area contributed by atoms with Crippen LogP contribution in [0.3, 0.4) is 0 Å². The van der Waals surface area contributed by atoms with E-state index in [0.717, 1.165) is 45.5 Å². The molecule has 0 aliphatic carbocycles. The molecule has 0 atom stereocenters. The molecule has 4 rings (SSSR count). The van der Waals surface area contributed by atoms with Crippen molar-refractivity contribution in [1.82, 2.24) is 0 Å². The summed E-state index contributed by atoms with van der Waals surface area (Å²) < 4.78 is 5.98. The summed E-state index contributed by atoms with van der Waals surface area (Å²) >= 11 is 12.5. The summed E-state index contributed by atoms with van der Waals surface area (Å²) in [6.45, 7) is 0. The summed E-state index contributed by atoms with van der Waals surface area (Å²) in [6.07, 6.45) is 1.60. The lowest BCUT2D eigenvalue weighted by atomic mass is 10.0. The van der Waals surface area contributed by atoms with Gasteiger partial charge in [-0.05, 0) is 71.5 Å². The maximum Gasteiger partial charge on any atom is 0.127 e. The summed E-state index contributed by atoms with van der Waals surface area (Å²) in [4.78, 5) is 0. The van der Waals surface area contributed by atoms with Gasteiger partial charge in [-0.15, -0.1) is 0 Å². The van der Waals surface area contributed by atoms with Gasteiger partial charge in [0.2, 0.25) is 0 Å². The second kappa shape index (κ2) is 9.17. The summed E-state index contributed by atoms with van der Waals surface area (Å²) in [6, 6.07) is 32.1. The molecule has 0 bridgehead atoms. The maximum absolute atomic E-state index is 6.25. The van der Waals surface area contributed by atoms with Crippen LogP contribution in [-0.4, -0.2) is 0 Å². The first kappa shape index (κ1) is 19.6. The topological polar surface area (TPSA) is 9.23 Å². The molecule has 0 saturated carbocycles. The largest absolute Gasteiger partial charge is 0.457 e. The Labute approximate surface area is 181 Å². The van der Waals surface area contributed by atoms with Gasteiger partial charge in [0, 0.05) is 10.0 Å². The van der Waals surface area contributed by atoms with Gasteiger partial charge in [0.25, 0.3) is 0 Å². The molecule has 3 heteroatoms. The second-order valence-electron chi connectivity index (χ2n) is 6.93. The molecule has 0 N–H and O–H groups in total. The predicted molar refractivity (Wildman–Crippen MR) is 121 cm³/mol. The van der Waals surface area contributed by atoms with E-state index in [2.05, 4.69) is 36.4 Å². The quantitative estimate of drug-likeness (QED) is 0.308. The highest BCUT2D eigenvalue weighted by molar-refractivity contribution is 6.31. The molecule has 0 spiro atoms. The van der Waals surface area contributed by atoms with Crippen molar-refractivity contribution in [3.8, 4) is 11.5 Å². The highest BCUT2D eigenvalue weighted by Gasteiger charge is 2.04. The van der Waals surface area contributed by atoms with Crippen molar-refractivity contribution in [3.05, 3.63) is 129 Å². The van der Waals surface area contributed by atoms with Crippen molar-refractivity contribution in [3.63, 3.8) is 0 Å². The zero-order chi connectivity index (χ0) is 20.1. The molecule has 0 heterocycles. The molecule has 0 aliphatic rings. The van der Waals surface area contributed by atoms with Crippen molar-refractivity contribution in [1.29, 1.82) is 0 Å². The van der Waals surface area contributed by atoms with Gasteiger partial charge >= 0.3 is 0 Å². The van der Waals surface area contributed by atoms with E-state index in [1.54, 1.807) is 0 Å². The van der Waals surface area contributed by atoms with Crippen molar-refractivity contribution in [2.45, 2.75) is 12.8 Å². The molecule has 0 amide bonds. The van der Waals surface area contributed by atoms with E-state index in [-0.39, 0.29) is 0 Å². The Kier molecular flexibility index (Phi) is 6.19. The molecule has 0 fully saturated rings. The van der Waals surface area contributed by atoms with Crippen molar-refractivity contribution < 1.29 is 4.74 Å². The van der Waals surface area contributed by atoms with Gasteiger partial charge < -0.3 is 4.74 Å². The van der Waals surface area contributed by atoms with Crippen LogP contribution in [0.5, 0.6) is 11.5 Å². The van der Waals surface area contributed by atoms with Crippen LogP contribution < -0.4 is 4.74 Å². The molecule has 1 nitrogen and oxygen atoms in total. The van der Waals surface area contributed by atoms with Crippen molar-refractivity contribution in [2.24, 2.45) is 0 Å². The summed E-state index contributed by atoms with van der Waals surface area (Å²) in [5.74, 6) is 1.62. The number of ether oxygens (including phenoxy) is 1. The molecule has 4 aromatic carbocycles. The highest BCUT2D eigenvalue weighted by atomic mass is 35.5. The van der Waals surface area contributed by atoms with Crippen LogP contribution in [0.1, 0.15) is 22.3 Å².